The molecule has 0 atom stereocenters. The molecule has 2 aromatic rings. The van der Waals surface area contributed by atoms with Crippen LogP contribution >= 0.6 is 35.6 Å². The SMILES string of the molecule is COc1cc(C=C2SC(=S)NC2=O)ccc1OCc1cccc(Cl)c1. The van der Waals surface area contributed by atoms with Crippen LogP contribution in [0, 0.1) is 0 Å². The minimum atomic E-state index is -0.185. The molecule has 2 aromatic carbocycles. The number of benzene rings is 2. The molecule has 0 aliphatic carbocycles. The molecule has 1 amide bonds. The molecule has 0 aromatic heterocycles. The molecule has 1 aliphatic rings. The number of ether oxygens (including phenoxy) is 2. The molecule has 4 nitrogen and oxygen atoms in total. The lowest BCUT2D eigenvalue weighted by Gasteiger charge is -2.11. The third kappa shape index (κ3) is 4.54. The number of hydrogen-bond donors (Lipinski definition) is 1. The van der Waals surface area contributed by atoms with E-state index >= 15 is 0 Å². The summed E-state index contributed by atoms with van der Waals surface area (Å²) in [4.78, 5) is 12.3. The fourth-order valence-electron chi connectivity index (χ4n) is 2.25. The van der Waals surface area contributed by atoms with Crippen LogP contribution in [0.2, 0.25) is 5.02 Å². The molecular formula is C18H14ClNO3S2. The quantitative estimate of drug-likeness (QED) is 0.604. The van der Waals surface area contributed by atoms with Gasteiger partial charge in [-0.25, -0.2) is 0 Å². The largest absolute Gasteiger partial charge is 0.493 e. The monoisotopic (exact) mass is 391 g/mol. The lowest BCUT2D eigenvalue weighted by Crippen LogP contribution is -2.17. The number of halogens is 1. The van der Waals surface area contributed by atoms with E-state index < -0.39 is 0 Å². The first-order chi connectivity index (χ1) is 12.0. The number of nitrogens with one attached hydrogen (secondary N) is 1. The van der Waals surface area contributed by atoms with Crippen molar-refractivity contribution in [3.05, 3.63) is 63.5 Å². The molecule has 0 unspecified atom stereocenters. The molecule has 25 heavy (non-hydrogen) atoms. The second kappa shape index (κ2) is 7.91. The van der Waals surface area contributed by atoms with Crippen molar-refractivity contribution in [1.29, 1.82) is 0 Å². The van der Waals surface area contributed by atoms with E-state index in [1.807, 2.05) is 42.5 Å². The molecule has 1 N–H and O–H groups in total. The standard InChI is InChI=1S/C18H14ClNO3S2/c1-22-15-8-11(9-16-17(21)20-18(24)25-16)5-6-14(15)23-10-12-3-2-4-13(19)7-12/h2-9H,10H2,1H3,(H,20,21,24). The molecule has 1 aliphatic heterocycles. The summed E-state index contributed by atoms with van der Waals surface area (Å²) in [6.45, 7) is 0.379. The van der Waals surface area contributed by atoms with Crippen molar-refractivity contribution in [2.75, 3.05) is 7.11 Å². The van der Waals surface area contributed by atoms with Crippen LogP contribution in [0.3, 0.4) is 0 Å². The average Bonchev–Trinajstić information content (AvgIpc) is 2.91. The van der Waals surface area contributed by atoms with E-state index in [0.717, 1.165) is 11.1 Å². The summed E-state index contributed by atoms with van der Waals surface area (Å²) >= 11 is 12.2. The van der Waals surface area contributed by atoms with Crippen molar-refractivity contribution < 1.29 is 14.3 Å². The van der Waals surface area contributed by atoms with Crippen molar-refractivity contribution in [2.45, 2.75) is 6.61 Å². The minimum Gasteiger partial charge on any atom is -0.493 e. The number of carbonyl (C=O) groups excluding carboxylic acids is 1. The van der Waals surface area contributed by atoms with E-state index in [0.29, 0.717) is 32.4 Å². The fourth-order valence-corrected chi connectivity index (χ4v) is 3.51. The normalized spacial score (nSPS) is 15.4. The van der Waals surface area contributed by atoms with Crippen LogP contribution < -0.4 is 14.8 Å². The van der Waals surface area contributed by atoms with Gasteiger partial charge in [-0.3, -0.25) is 4.79 Å². The van der Waals surface area contributed by atoms with Crippen LogP contribution in [0.5, 0.6) is 11.5 Å². The van der Waals surface area contributed by atoms with Gasteiger partial charge in [0.05, 0.1) is 12.0 Å². The van der Waals surface area contributed by atoms with E-state index in [1.54, 1.807) is 13.2 Å². The Morgan fingerprint density at radius 1 is 1.24 bits per heavy atom. The molecule has 1 heterocycles. The Morgan fingerprint density at radius 3 is 2.76 bits per heavy atom. The van der Waals surface area contributed by atoms with E-state index in [9.17, 15) is 4.79 Å². The van der Waals surface area contributed by atoms with E-state index in [1.165, 1.54) is 11.8 Å². The maximum absolute atomic E-state index is 11.7. The zero-order valence-corrected chi connectivity index (χ0v) is 15.6. The van der Waals surface area contributed by atoms with Gasteiger partial charge >= 0.3 is 0 Å². The predicted octanol–water partition coefficient (Wildman–Crippen LogP) is 4.42. The smallest absolute Gasteiger partial charge is 0.263 e. The average molecular weight is 392 g/mol. The van der Waals surface area contributed by atoms with Gasteiger partial charge in [-0.05, 0) is 41.5 Å². The van der Waals surface area contributed by atoms with Gasteiger partial charge in [-0.15, -0.1) is 0 Å². The molecule has 1 saturated heterocycles. The molecular weight excluding hydrogens is 378 g/mol. The van der Waals surface area contributed by atoms with Crippen molar-refractivity contribution in [1.82, 2.24) is 5.32 Å². The number of hydrogen-bond acceptors (Lipinski definition) is 5. The highest BCUT2D eigenvalue weighted by Crippen LogP contribution is 2.32. The second-order valence-corrected chi connectivity index (χ2v) is 7.34. The third-order valence-electron chi connectivity index (χ3n) is 3.41. The number of thiocarbonyl (C=S) groups is 1. The molecule has 0 saturated carbocycles. The molecule has 0 spiro atoms. The molecule has 0 radical (unpaired) electrons. The second-order valence-electron chi connectivity index (χ2n) is 5.18. The van der Waals surface area contributed by atoms with Gasteiger partial charge in [-0.2, -0.15) is 0 Å². The van der Waals surface area contributed by atoms with E-state index in [2.05, 4.69) is 5.32 Å². The first-order valence-corrected chi connectivity index (χ1v) is 8.95. The van der Waals surface area contributed by atoms with E-state index in [-0.39, 0.29) is 5.91 Å². The zero-order chi connectivity index (χ0) is 17.8. The van der Waals surface area contributed by atoms with Crippen molar-refractivity contribution in [2.24, 2.45) is 0 Å². The number of carbonyl (C=O) groups is 1. The van der Waals surface area contributed by atoms with Gasteiger partial charge in [0, 0.05) is 5.02 Å². The van der Waals surface area contributed by atoms with Gasteiger partial charge in [0.2, 0.25) is 0 Å². The lowest BCUT2D eigenvalue weighted by atomic mass is 10.2. The maximum Gasteiger partial charge on any atom is 0.263 e. The Bertz CT molecular complexity index is 867. The number of rotatable bonds is 5. The Kier molecular flexibility index (Phi) is 5.63. The van der Waals surface area contributed by atoms with Gasteiger partial charge in [0.1, 0.15) is 10.9 Å². The zero-order valence-electron chi connectivity index (χ0n) is 13.2. The van der Waals surface area contributed by atoms with Crippen LogP contribution in [0.25, 0.3) is 6.08 Å². The minimum absolute atomic E-state index is 0.185. The summed E-state index contributed by atoms with van der Waals surface area (Å²) < 4.78 is 11.7. The summed E-state index contributed by atoms with van der Waals surface area (Å²) in [6, 6.07) is 13.0. The summed E-state index contributed by atoms with van der Waals surface area (Å²) in [7, 11) is 1.57. The number of methoxy groups -OCH3 is 1. The summed E-state index contributed by atoms with van der Waals surface area (Å²) in [5.41, 5.74) is 1.79. The van der Waals surface area contributed by atoms with Crippen LogP contribution in [-0.4, -0.2) is 17.3 Å². The van der Waals surface area contributed by atoms with Gasteiger partial charge in [0.15, 0.2) is 11.5 Å². The Labute approximate surface area is 160 Å². The first kappa shape index (κ1) is 17.8. The predicted molar refractivity (Wildman–Crippen MR) is 105 cm³/mol. The summed E-state index contributed by atoms with van der Waals surface area (Å²) in [5, 5.41) is 3.26. The van der Waals surface area contributed by atoms with Gasteiger partial charge in [-0.1, -0.05) is 53.8 Å². The number of thioether (sulfide) groups is 1. The van der Waals surface area contributed by atoms with Gasteiger partial charge in [0.25, 0.3) is 5.91 Å². The topological polar surface area (TPSA) is 47.6 Å². The van der Waals surface area contributed by atoms with Crippen LogP contribution in [-0.2, 0) is 11.4 Å². The first-order valence-electron chi connectivity index (χ1n) is 7.35. The van der Waals surface area contributed by atoms with Crippen LogP contribution in [0.15, 0.2) is 47.4 Å². The molecule has 128 valence electrons. The lowest BCUT2D eigenvalue weighted by molar-refractivity contribution is -0.115. The Morgan fingerprint density at radius 2 is 2.08 bits per heavy atom. The summed E-state index contributed by atoms with van der Waals surface area (Å²) in [6.07, 6.45) is 1.77. The summed E-state index contributed by atoms with van der Waals surface area (Å²) in [5.74, 6) is 1.02. The molecule has 1 fully saturated rings. The fraction of sp³-hybridized carbons (Fsp3) is 0.111. The van der Waals surface area contributed by atoms with Crippen molar-refractivity contribution >= 4 is 51.9 Å². The highest BCUT2D eigenvalue weighted by Gasteiger charge is 2.22. The van der Waals surface area contributed by atoms with Gasteiger partial charge < -0.3 is 14.8 Å². The molecule has 0 bridgehead atoms. The van der Waals surface area contributed by atoms with Crippen LogP contribution in [0.1, 0.15) is 11.1 Å². The number of amides is 1. The maximum atomic E-state index is 11.7. The molecule has 3 rings (SSSR count). The molecule has 7 heteroatoms. The highest BCUT2D eigenvalue weighted by atomic mass is 35.5. The third-order valence-corrected chi connectivity index (χ3v) is 4.81. The highest BCUT2D eigenvalue weighted by molar-refractivity contribution is 8.26. The van der Waals surface area contributed by atoms with Crippen LogP contribution in [0.4, 0.5) is 0 Å². The Hall–Kier alpha value is -2.02. The van der Waals surface area contributed by atoms with E-state index in [4.69, 9.17) is 33.3 Å². The van der Waals surface area contributed by atoms with Crippen molar-refractivity contribution in [3.63, 3.8) is 0 Å². The van der Waals surface area contributed by atoms with Crippen molar-refractivity contribution in [3.8, 4) is 11.5 Å². The Balaban J connectivity index is 1.77.